The lowest BCUT2D eigenvalue weighted by molar-refractivity contribution is 0.425. The molecule has 2 aromatic carbocycles. The molecule has 1 N–H and O–H groups in total. The summed E-state index contributed by atoms with van der Waals surface area (Å²) in [6.45, 7) is 3.68. The van der Waals surface area contributed by atoms with Crippen LogP contribution in [0.2, 0.25) is 0 Å². The van der Waals surface area contributed by atoms with Gasteiger partial charge >= 0.3 is 0 Å². The first kappa shape index (κ1) is 15.6. The summed E-state index contributed by atoms with van der Waals surface area (Å²) in [5.41, 5.74) is 0.917. The summed E-state index contributed by atoms with van der Waals surface area (Å²) >= 11 is 0. The lowest BCUT2D eigenvalue weighted by atomic mass is 10.0. The van der Waals surface area contributed by atoms with Crippen LogP contribution in [0.25, 0.3) is 0 Å². The van der Waals surface area contributed by atoms with Crippen molar-refractivity contribution in [3.8, 4) is 0 Å². The van der Waals surface area contributed by atoms with Gasteiger partial charge in [0.25, 0.3) is 0 Å². The monoisotopic (exact) mass is 293 g/mol. The van der Waals surface area contributed by atoms with Crippen LogP contribution in [0.15, 0.2) is 42.5 Å². The predicted octanol–water partition coefficient (Wildman–Crippen LogP) is 4.91. The quantitative estimate of drug-likeness (QED) is 0.826. The smallest absolute Gasteiger partial charge is 0.130 e. The molecule has 2 unspecified atom stereocenters. The number of hydrogen-bond acceptors (Lipinski definition) is 1. The maximum absolute atomic E-state index is 13.8. The Bertz CT molecular complexity index is 575. The molecule has 112 valence electrons. The van der Waals surface area contributed by atoms with Gasteiger partial charge in [-0.05, 0) is 43.2 Å². The van der Waals surface area contributed by atoms with E-state index in [-0.39, 0.29) is 17.4 Å². The highest BCUT2D eigenvalue weighted by atomic mass is 19.1. The number of halogens is 3. The predicted molar refractivity (Wildman–Crippen MR) is 77.3 cm³/mol. The molecule has 0 heterocycles. The maximum atomic E-state index is 13.8. The SMILES string of the molecule is CCC(NC(C)c1c(F)cccc1F)c1ccc(F)cc1. The Morgan fingerprint density at radius 3 is 2.05 bits per heavy atom. The van der Waals surface area contributed by atoms with E-state index in [0.717, 1.165) is 12.0 Å². The van der Waals surface area contributed by atoms with Crippen LogP contribution in [0.5, 0.6) is 0 Å². The molecular formula is C17H18F3N. The van der Waals surface area contributed by atoms with Gasteiger partial charge in [-0.15, -0.1) is 0 Å². The molecule has 0 spiro atoms. The summed E-state index contributed by atoms with van der Waals surface area (Å²) in [6, 6.07) is 9.38. The topological polar surface area (TPSA) is 12.0 Å². The Labute approximate surface area is 122 Å². The first-order valence-corrected chi connectivity index (χ1v) is 6.98. The maximum Gasteiger partial charge on any atom is 0.130 e. The van der Waals surface area contributed by atoms with Gasteiger partial charge in [-0.1, -0.05) is 25.1 Å². The van der Waals surface area contributed by atoms with Crippen LogP contribution in [-0.4, -0.2) is 0 Å². The van der Waals surface area contributed by atoms with Crippen molar-refractivity contribution in [2.75, 3.05) is 0 Å². The molecule has 0 aliphatic heterocycles. The molecule has 2 atom stereocenters. The highest BCUT2D eigenvalue weighted by Crippen LogP contribution is 2.25. The summed E-state index contributed by atoms with van der Waals surface area (Å²) < 4.78 is 40.5. The van der Waals surface area contributed by atoms with E-state index in [2.05, 4.69) is 5.32 Å². The second-order valence-corrected chi connectivity index (χ2v) is 5.04. The van der Waals surface area contributed by atoms with Crippen molar-refractivity contribution < 1.29 is 13.2 Å². The highest BCUT2D eigenvalue weighted by molar-refractivity contribution is 5.25. The second kappa shape index (κ2) is 6.76. The van der Waals surface area contributed by atoms with Gasteiger partial charge in [-0.2, -0.15) is 0 Å². The molecule has 0 saturated carbocycles. The van der Waals surface area contributed by atoms with E-state index in [4.69, 9.17) is 0 Å². The average Bonchev–Trinajstić information content (AvgIpc) is 2.45. The van der Waals surface area contributed by atoms with E-state index in [1.54, 1.807) is 19.1 Å². The van der Waals surface area contributed by atoms with Crippen molar-refractivity contribution in [1.29, 1.82) is 0 Å². The van der Waals surface area contributed by atoms with E-state index in [0.29, 0.717) is 0 Å². The largest absolute Gasteiger partial charge is 0.303 e. The van der Waals surface area contributed by atoms with E-state index >= 15 is 0 Å². The zero-order valence-corrected chi connectivity index (χ0v) is 12.0. The minimum atomic E-state index is -0.566. The fraction of sp³-hybridized carbons (Fsp3) is 0.294. The second-order valence-electron chi connectivity index (χ2n) is 5.04. The van der Waals surface area contributed by atoms with E-state index in [1.807, 2.05) is 6.92 Å². The average molecular weight is 293 g/mol. The summed E-state index contributed by atoms with van der Waals surface area (Å²) in [5.74, 6) is -1.44. The summed E-state index contributed by atoms with van der Waals surface area (Å²) in [7, 11) is 0. The minimum absolute atomic E-state index is 0.0260. The molecule has 0 aliphatic rings. The molecule has 0 bridgehead atoms. The molecule has 2 rings (SSSR count). The summed E-state index contributed by atoms with van der Waals surface area (Å²) in [5, 5.41) is 3.20. The van der Waals surface area contributed by atoms with Crippen molar-refractivity contribution >= 4 is 0 Å². The Morgan fingerprint density at radius 2 is 1.52 bits per heavy atom. The molecular weight excluding hydrogens is 275 g/mol. The Balaban J connectivity index is 2.20. The van der Waals surface area contributed by atoms with Gasteiger partial charge in [-0.25, -0.2) is 13.2 Å². The van der Waals surface area contributed by atoms with Crippen LogP contribution in [-0.2, 0) is 0 Å². The Morgan fingerprint density at radius 1 is 0.952 bits per heavy atom. The van der Waals surface area contributed by atoms with Crippen molar-refractivity contribution in [3.05, 3.63) is 71.0 Å². The van der Waals surface area contributed by atoms with E-state index in [1.165, 1.54) is 30.3 Å². The Kier molecular flexibility index (Phi) is 5.02. The van der Waals surface area contributed by atoms with Gasteiger partial charge < -0.3 is 5.32 Å². The molecule has 0 saturated heterocycles. The van der Waals surface area contributed by atoms with Crippen molar-refractivity contribution in [2.24, 2.45) is 0 Å². The van der Waals surface area contributed by atoms with Gasteiger partial charge in [0.05, 0.1) is 0 Å². The fourth-order valence-corrected chi connectivity index (χ4v) is 2.45. The minimum Gasteiger partial charge on any atom is -0.303 e. The number of rotatable bonds is 5. The van der Waals surface area contributed by atoms with Crippen molar-refractivity contribution in [1.82, 2.24) is 5.32 Å². The number of nitrogens with one attached hydrogen (secondary N) is 1. The van der Waals surface area contributed by atoms with E-state index in [9.17, 15) is 13.2 Å². The third-order valence-corrected chi connectivity index (χ3v) is 3.56. The molecule has 1 nitrogen and oxygen atoms in total. The highest BCUT2D eigenvalue weighted by Gasteiger charge is 2.19. The van der Waals surface area contributed by atoms with Crippen LogP contribution in [0, 0.1) is 17.5 Å². The lowest BCUT2D eigenvalue weighted by Gasteiger charge is -2.23. The van der Waals surface area contributed by atoms with Gasteiger partial charge in [0.15, 0.2) is 0 Å². The third kappa shape index (κ3) is 3.64. The standard InChI is InChI=1S/C17H18F3N/c1-3-16(12-7-9-13(18)10-8-12)21-11(2)17-14(19)5-4-6-15(17)20/h4-11,16,21H,3H2,1-2H3. The zero-order chi connectivity index (χ0) is 15.4. The molecule has 0 fully saturated rings. The molecule has 0 aliphatic carbocycles. The van der Waals surface area contributed by atoms with Crippen molar-refractivity contribution in [2.45, 2.75) is 32.4 Å². The summed E-state index contributed by atoms with van der Waals surface area (Å²) in [4.78, 5) is 0. The number of hydrogen-bond donors (Lipinski definition) is 1. The van der Waals surface area contributed by atoms with Crippen LogP contribution >= 0.6 is 0 Å². The van der Waals surface area contributed by atoms with Crippen LogP contribution in [0.4, 0.5) is 13.2 Å². The first-order valence-electron chi connectivity index (χ1n) is 6.98. The fourth-order valence-electron chi connectivity index (χ4n) is 2.45. The molecule has 21 heavy (non-hydrogen) atoms. The van der Waals surface area contributed by atoms with Crippen LogP contribution in [0.3, 0.4) is 0 Å². The van der Waals surface area contributed by atoms with Gasteiger partial charge in [-0.3, -0.25) is 0 Å². The van der Waals surface area contributed by atoms with Gasteiger partial charge in [0, 0.05) is 17.6 Å². The van der Waals surface area contributed by atoms with Gasteiger partial charge in [0.2, 0.25) is 0 Å². The third-order valence-electron chi connectivity index (χ3n) is 3.56. The zero-order valence-electron chi connectivity index (χ0n) is 12.0. The molecule has 2 aromatic rings. The molecule has 4 heteroatoms. The lowest BCUT2D eigenvalue weighted by Crippen LogP contribution is -2.25. The molecule has 0 aromatic heterocycles. The first-order chi connectivity index (χ1) is 10.0. The normalized spacial score (nSPS) is 14.0. The van der Waals surface area contributed by atoms with Crippen LogP contribution < -0.4 is 5.32 Å². The van der Waals surface area contributed by atoms with Crippen molar-refractivity contribution in [3.63, 3.8) is 0 Å². The Hall–Kier alpha value is -1.81. The van der Waals surface area contributed by atoms with Crippen LogP contribution in [0.1, 0.15) is 43.5 Å². The van der Waals surface area contributed by atoms with E-state index < -0.39 is 17.7 Å². The molecule has 0 radical (unpaired) electrons. The molecule has 0 amide bonds. The van der Waals surface area contributed by atoms with Gasteiger partial charge in [0.1, 0.15) is 17.5 Å². The summed E-state index contributed by atoms with van der Waals surface area (Å²) in [6.07, 6.45) is 0.728. The number of benzene rings is 2.